The highest BCUT2D eigenvalue weighted by Gasteiger charge is 2.67. The molecular formula is C7H11N3. The average Bonchev–Trinajstić information content (AvgIpc) is 2.49. The third kappa shape index (κ3) is 0.307. The molecule has 4 rings (SSSR count). The van der Waals surface area contributed by atoms with Gasteiger partial charge in [0.05, 0.1) is 0 Å². The first-order valence-electron chi connectivity index (χ1n) is 4.22. The van der Waals surface area contributed by atoms with Crippen molar-refractivity contribution < 1.29 is 0 Å². The molecule has 3 heteroatoms. The van der Waals surface area contributed by atoms with Gasteiger partial charge in [-0.25, -0.2) is 0 Å². The molecule has 2 aliphatic carbocycles. The molecule has 4 fully saturated rings. The van der Waals surface area contributed by atoms with E-state index < -0.39 is 0 Å². The zero-order valence-corrected chi connectivity index (χ0v) is 5.67. The second kappa shape index (κ2) is 1.15. The zero-order valence-electron chi connectivity index (χ0n) is 5.67. The van der Waals surface area contributed by atoms with Gasteiger partial charge in [0.2, 0.25) is 0 Å². The molecule has 0 radical (unpaired) electrons. The minimum Gasteiger partial charge on any atom is -0.307 e. The fraction of sp³-hybridized carbons (Fsp3) is 1.00. The highest BCUT2D eigenvalue weighted by molar-refractivity contribution is 5.26. The maximum atomic E-state index is 3.55. The van der Waals surface area contributed by atoms with Crippen molar-refractivity contribution in [3.63, 3.8) is 0 Å². The first-order valence-corrected chi connectivity index (χ1v) is 4.22. The summed E-state index contributed by atoms with van der Waals surface area (Å²) < 4.78 is 0. The predicted molar refractivity (Wildman–Crippen MR) is 36.2 cm³/mol. The van der Waals surface area contributed by atoms with E-state index >= 15 is 0 Å². The summed E-state index contributed by atoms with van der Waals surface area (Å²) in [6.07, 6.45) is 1.47. The second-order valence-electron chi connectivity index (χ2n) is 4.12. The van der Waals surface area contributed by atoms with Gasteiger partial charge in [0.1, 0.15) is 0 Å². The molecule has 54 valence electrons. The third-order valence-corrected chi connectivity index (χ3v) is 3.86. The van der Waals surface area contributed by atoms with Gasteiger partial charge in [-0.15, -0.1) is 0 Å². The van der Waals surface area contributed by atoms with Crippen LogP contribution < -0.4 is 16.2 Å². The molecule has 10 heavy (non-hydrogen) atoms. The van der Waals surface area contributed by atoms with Gasteiger partial charge in [0.15, 0.2) is 0 Å². The van der Waals surface area contributed by atoms with Crippen LogP contribution in [0.3, 0.4) is 0 Å². The van der Waals surface area contributed by atoms with E-state index in [0.717, 1.165) is 36.0 Å². The van der Waals surface area contributed by atoms with Crippen LogP contribution in [0.5, 0.6) is 0 Å². The molecular weight excluding hydrogens is 126 g/mol. The number of hydrazine groups is 1. The first-order chi connectivity index (χ1) is 4.95. The molecule has 2 heterocycles. The topological polar surface area (TPSA) is 46.0 Å². The number of hydrogen-bond acceptors (Lipinski definition) is 3. The van der Waals surface area contributed by atoms with Crippen LogP contribution >= 0.6 is 0 Å². The molecule has 3 nitrogen and oxygen atoms in total. The molecule has 2 aliphatic heterocycles. The summed E-state index contributed by atoms with van der Waals surface area (Å²) in [5.41, 5.74) is 6.61. The van der Waals surface area contributed by atoms with Crippen LogP contribution in [0, 0.1) is 11.8 Å². The van der Waals surface area contributed by atoms with Gasteiger partial charge in [0, 0.05) is 24.2 Å². The monoisotopic (exact) mass is 137 g/mol. The molecule has 0 aromatic heterocycles. The number of rotatable bonds is 0. The summed E-state index contributed by atoms with van der Waals surface area (Å²) in [6.45, 7) is 0. The van der Waals surface area contributed by atoms with Crippen LogP contribution in [0.15, 0.2) is 0 Å². The predicted octanol–water partition coefficient (Wildman–Crippen LogP) is -1.18. The largest absolute Gasteiger partial charge is 0.307 e. The van der Waals surface area contributed by atoms with Crippen molar-refractivity contribution in [3.05, 3.63) is 0 Å². The lowest BCUT2D eigenvalue weighted by Crippen LogP contribution is -2.70. The molecule has 4 aliphatic rings. The summed E-state index contributed by atoms with van der Waals surface area (Å²) >= 11 is 0. The summed E-state index contributed by atoms with van der Waals surface area (Å²) in [4.78, 5) is 0. The van der Waals surface area contributed by atoms with Crippen molar-refractivity contribution in [2.24, 2.45) is 11.8 Å². The Morgan fingerprint density at radius 3 is 1.90 bits per heavy atom. The average molecular weight is 137 g/mol. The van der Waals surface area contributed by atoms with Crippen molar-refractivity contribution >= 4 is 0 Å². The van der Waals surface area contributed by atoms with E-state index in [9.17, 15) is 0 Å². The van der Waals surface area contributed by atoms with Gasteiger partial charge >= 0.3 is 0 Å². The van der Waals surface area contributed by atoms with Crippen molar-refractivity contribution in [2.75, 3.05) is 0 Å². The van der Waals surface area contributed by atoms with Gasteiger partial charge in [0.25, 0.3) is 0 Å². The highest BCUT2D eigenvalue weighted by atomic mass is 15.5. The van der Waals surface area contributed by atoms with E-state index in [-0.39, 0.29) is 0 Å². The third-order valence-electron chi connectivity index (χ3n) is 3.86. The van der Waals surface area contributed by atoms with Crippen molar-refractivity contribution in [1.82, 2.24) is 16.2 Å². The Morgan fingerprint density at radius 2 is 1.40 bits per heavy atom. The highest BCUT2D eigenvalue weighted by Crippen LogP contribution is 2.53. The molecule has 2 saturated heterocycles. The lowest BCUT2D eigenvalue weighted by atomic mass is 9.89. The van der Waals surface area contributed by atoms with E-state index in [0.29, 0.717) is 0 Å². The molecule has 0 aromatic carbocycles. The van der Waals surface area contributed by atoms with Gasteiger partial charge < -0.3 is 5.32 Å². The van der Waals surface area contributed by atoms with Crippen LogP contribution in [-0.4, -0.2) is 24.2 Å². The molecule has 0 spiro atoms. The molecule has 3 N–H and O–H groups in total. The Labute approximate surface area is 59.5 Å². The van der Waals surface area contributed by atoms with Gasteiger partial charge in [-0.1, -0.05) is 0 Å². The van der Waals surface area contributed by atoms with Gasteiger partial charge in [-0.05, 0) is 18.3 Å². The minimum atomic E-state index is 0.821. The molecule has 2 bridgehead atoms. The Morgan fingerprint density at radius 1 is 0.800 bits per heavy atom. The maximum absolute atomic E-state index is 3.55. The van der Waals surface area contributed by atoms with Crippen molar-refractivity contribution in [1.29, 1.82) is 0 Å². The SMILES string of the molecule is C1C2C3NNC3C1C1NC21. The Hall–Kier alpha value is -0.120. The summed E-state index contributed by atoms with van der Waals surface area (Å²) in [7, 11) is 0. The maximum Gasteiger partial charge on any atom is 0.0427 e. The fourth-order valence-electron chi connectivity index (χ4n) is 3.32. The Balaban J connectivity index is 1.83. The number of nitrogens with one attached hydrogen (secondary N) is 3. The lowest BCUT2D eigenvalue weighted by molar-refractivity contribution is 0.150. The van der Waals surface area contributed by atoms with E-state index in [1.54, 1.807) is 0 Å². The normalized spacial score (nSPS) is 74.4. The lowest BCUT2D eigenvalue weighted by Gasteiger charge is -2.41. The van der Waals surface area contributed by atoms with Crippen LogP contribution in [0.1, 0.15) is 6.42 Å². The van der Waals surface area contributed by atoms with E-state index in [1.807, 2.05) is 0 Å². The van der Waals surface area contributed by atoms with E-state index in [1.165, 1.54) is 6.42 Å². The van der Waals surface area contributed by atoms with Crippen molar-refractivity contribution in [3.8, 4) is 0 Å². The standard InChI is InChI=1S/C7H11N3/c1-2-4-5(8-4)3(1)7-6(2)9-10-7/h2-10H,1H2. The molecule has 6 unspecified atom stereocenters. The summed E-state index contributed by atoms with van der Waals surface area (Å²) in [5.74, 6) is 1.92. The quantitative estimate of drug-likeness (QED) is 0.368. The number of piperidine rings is 1. The van der Waals surface area contributed by atoms with Crippen LogP contribution in [0.25, 0.3) is 0 Å². The number of hydrogen-bond donors (Lipinski definition) is 3. The summed E-state index contributed by atoms with van der Waals surface area (Å²) in [6, 6.07) is 3.45. The Kier molecular flexibility index (Phi) is 0.541. The van der Waals surface area contributed by atoms with E-state index in [2.05, 4.69) is 16.2 Å². The molecule has 6 atom stereocenters. The molecule has 2 saturated carbocycles. The van der Waals surface area contributed by atoms with E-state index in [4.69, 9.17) is 0 Å². The van der Waals surface area contributed by atoms with Gasteiger partial charge in [-0.3, -0.25) is 10.9 Å². The zero-order chi connectivity index (χ0) is 6.29. The molecule has 0 amide bonds. The summed E-state index contributed by atoms with van der Waals surface area (Å²) in [5, 5.41) is 3.55. The number of fused-ring (bicyclic) bond motifs is 8. The Bertz CT molecular complexity index is 185. The minimum absolute atomic E-state index is 0.821. The fourth-order valence-corrected chi connectivity index (χ4v) is 3.32. The van der Waals surface area contributed by atoms with Crippen LogP contribution in [0.4, 0.5) is 0 Å². The first kappa shape index (κ1) is 4.70. The second-order valence-corrected chi connectivity index (χ2v) is 4.12. The van der Waals surface area contributed by atoms with Gasteiger partial charge in [-0.2, -0.15) is 0 Å². The smallest absolute Gasteiger partial charge is 0.0427 e. The van der Waals surface area contributed by atoms with Crippen LogP contribution in [-0.2, 0) is 0 Å². The van der Waals surface area contributed by atoms with Crippen molar-refractivity contribution in [2.45, 2.75) is 30.6 Å². The molecule has 0 aromatic rings. The van der Waals surface area contributed by atoms with Crippen LogP contribution in [0.2, 0.25) is 0 Å².